The molecule has 0 radical (unpaired) electrons. The zero-order valence-corrected chi connectivity index (χ0v) is 12.5. The van der Waals surface area contributed by atoms with Crippen molar-refractivity contribution < 1.29 is 4.39 Å². The van der Waals surface area contributed by atoms with E-state index >= 15 is 0 Å². The largest absolute Gasteiger partial charge is 0.319 e. The molecule has 102 valence electrons. The van der Waals surface area contributed by atoms with Crippen LogP contribution >= 0.6 is 22.9 Å². The zero-order chi connectivity index (χ0) is 14.0. The maximum absolute atomic E-state index is 13.0. The van der Waals surface area contributed by atoms with Crippen molar-refractivity contribution in [3.63, 3.8) is 0 Å². The Hall–Kier alpha value is -0.970. The lowest BCUT2D eigenvalue weighted by atomic mass is 9.95. The molecule has 0 atom stereocenters. The number of benzene rings is 1. The number of thiazole rings is 1. The molecule has 1 aromatic heterocycles. The molecule has 0 fully saturated rings. The summed E-state index contributed by atoms with van der Waals surface area (Å²) in [7, 11) is 0. The molecule has 2 nitrogen and oxygen atoms in total. The maximum atomic E-state index is 13.0. The number of hydrogen-bond acceptors (Lipinski definition) is 3. The molecule has 2 N–H and O–H groups in total. The van der Waals surface area contributed by atoms with E-state index in [4.69, 9.17) is 17.3 Å². The lowest BCUT2D eigenvalue weighted by Crippen LogP contribution is -2.34. The molecule has 5 heteroatoms. The van der Waals surface area contributed by atoms with Crippen molar-refractivity contribution in [2.24, 2.45) is 5.73 Å². The van der Waals surface area contributed by atoms with E-state index in [2.05, 4.69) is 18.8 Å². The zero-order valence-electron chi connectivity index (χ0n) is 10.9. The van der Waals surface area contributed by atoms with Gasteiger partial charge in [0.25, 0.3) is 0 Å². The third-order valence-electron chi connectivity index (χ3n) is 3.40. The normalized spacial score (nSPS) is 11.8. The van der Waals surface area contributed by atoms with E-state index in [1.807, 2.05) is 5.38 Å². The quantitative estimate of drug-likeness (QED) is 0.897. The molecule has 0 unspecified atom stereocenters. The number of rotatable bonds is 4. The molecular weight excluding hydrogens is 283 g/mol. The Morgan fingerprint density at radius 3 is 2.63 bits per heavy atom. The minimum atomic E-state index is -0.393. The summed E-state index contributed by atoms with van der Waals surface area (Å²) in [5, 5.41) is 3.18. The van der Waals surface area contributed by atoms with Crippen molar-refractivity contribution in [3.05, 3.63) is 39.4 Å². The summed E-state index contributed by atoms with van der Waals surface area (Å²) in [4.78, 5) is 4.57. The molecule has 0 aliphatic rings. The van der Waals surface area contributed by atoms with Gasteiger partial charge in [0.1, 0.15) is 10.8 Å². The Labute approximate surface area is 121 Å². The number of nitrogens with two attached hydrogens (primary N) is 1. The van der Waals surface area contributed by atoms with E-state index in [0.717, 1.165) is 29.1 Å². The fourth-order valence-corrected chi connectivity index (χ4v) is 3.22. The van der Waals surface area contributed by atoms with Gasteiger partial charge in [-0.15, -0.1) is 11.3 Å². The van der Waals surface area contributed by atoms with Crippen molar-refractivity contribution in [2.75, 3.05) is 0 Å². The molecule has 2 rings (SSSR count). The Bertz CT molecular complexity index is 579. The molecule has 0 bridgehead atoms. The first-order chi connectivity index (χ1) is 9.00. The van der Waals surface area contributed by atoms with Gasteiger partial charge in [0.15, 0.2) is 0 Å². The van der Waals surface area contributed by atoms with Gasteiger partial charge in [0.05, 0.1) is 16.3 Å². The first-order valence-electron chi connectivity index (χ1n) is 6.20. The Morgan fingerprint density at radius 1 is 1.37 bits per heavy atom. The van der Waals surface area contributed by atoms with Crippen molar-refractivity contribution in [2.45, 2.75) is 32.2 Å². The summed E-state index contributed by atoms with van der Waals surface area (Å²) in [6.07, 6.45) is 1.65. The number of aromatic nitrogens is 1. The minimum Gasteiger partial charge on any atom is -0.319 e. The second-order valence-electron chi connectivity index (χ2n) is 4.53. The minimum absolute atomic E-state index is 0.348. The van der Waals surface area contributed by atoms with Crippen molar-refractivity contribution >= 4 is 22.9 Å². The van der Waals surface area contributed by atoms with Crippen LogP contribution in [0, 0.1) is 5.82 Å². The van der Waals surface area contributed by atoms with E-state index in [9.17, 15) is 4.39 Å². The average Bonchev–Trinajstić information content (AvgIpc) is 2.88. The van der Waals surface area contributed by atoms with Crippen LogP contribution in [0.25, 0.3) is 11.3 Å². The monoisotopic (exact) mass is 298 g/mol. The van der Waals surface area contributed by atoms with Gasteiger partial charge in [-0.25, -0.2) is 9.37 Å². The smallest absolute Gasteiger partial charge is 0.124 e. The fraction of sp³-hybridized carbons (Fsp3) is 0.357. The van der Waals surface area contributed by atoms with Gasteiger partial charge in [-0.2, -0.15) is 0 Å². The van der Waals surface area contributed by atoms with E-state index in [1.165, 1.54) is 23.5 Å². The summed E-state index contributed by atoms with van der Waals surface area (Å²) >= 11 is 7.57. The molecule has 0 spiro atoms. The first kappa shape index (κ1) is 14.4. The summed E-state index contributed by atoms with van der Waals surface area (Å²) < 4.78 is 13.0. The second-order valence-corrected chi connectivity index (χ2v) is 5.79. The van der Waals surface area contributed by atoms with Crippen LogP contribution in [-0.2, 0) is 5.54 Å². The summed E-state index contributed by atoms with van der Waals surface area (Å²) in [6.45, 7) is 4.10. The number of nitrogens with zero attached hydrogens (tertiary/aromatic N) is 1. The van der Waals surface area contributed by atoms with Crippen LogP contribution in [0.4, 0.5) is 4.39 Å². The molecule has 0 saturated heterocycles. The van der Waals surface area contributed by atoms with Gasteiger partial charge in [0.2, 0.25) is 0 Å². The third-order valence-corrected chi connectivity index (χ3v) is 4.77. The molecule has 19 heavy (non-hydrogen) atoms. The standard InChI is InChI=1S/C14H16ClFN2S/c1-3-14(17,4-2)13-18-12(8-19-13)10-6-5-9(16)7-11(10)15/h5-8H,3-4,17H2,1-2H3. The highest BCUT2D eigenvalue weighted by Crippen LogP contribution is 2.34. The van der Waals surface area contributed by atoms with E-state index in [0.29, 0.717) is 5.02 Å². The van der Waals surface area contributed by atoms with Crippen LogP contribution in [0.3, 0.4) is 0 Å². The van der Waals surface area contributed by atoms with Gasteiger partial charge in [-0.05, 0) is 31.0 Å². The first-order valence-corrected chi connectivity index (χ1v) is 7.46. The van der Waals surface area contributed by atoms with Gasteiger partial charge in [-0.1, -0.05) is 25.4 Å². The van der Waals surface area contributed by atoms with E-state index < -0.39 is 5.54 Å². The Balaban J connectivity index is 2.41. The van der Waals surface area contributed by atoms with E-state index in [-0.39, 0.29) is 5.82 Å². The number of hydrogen-bond donors (Lipinski definition) is 1. The lowest BCUT2D eigenvalue weighted by molar-refractivity contribution is 0.411. The fourth-order valence-electron chi connectivity index (χ4n) is 1.88. The predicted molar refractivity (Wildman–Crippen MR) is 79.0 cm³/mol. The van der Waals surface area contributed by atoms with Crippen LogP contribution in [0.5, 0.6) is 0 Å². The average molecular weight is 299 g/mol. The molecule has 0 saturated carbocycles. The third kappa shape index (κ3) is 2.81. The van der Waals surface area contributed by atoms with Crippen LogP contribution in [0.2, 0.25) is 5.02 Å². The lowest BCUT2D eigenvalue weighted by Gasteiger charge is -2.23. The SMILES string of the molecule is CCC(N)(CC)c1nc(-c2ccc(F)cc2Cl)cs1. The molecule has 0 aliphatic carbocycles. The van der Waals surface area contributed by atoms with Gasteiger partial charge in [0, 0.05) is 10.9 Å². The molecule has 1 heterocycles. The maximum Gasteiger partial charge on any atom is 0.124 e. The molecule has 0 aliphatic heterocycles. The van der Waals surface area contributed by atoms with Crippen molar-refractivity contribution in [1.82, 2.24) is 4.98 Å². The molecule has 2 aromatic rings. The molecule has 0 amide bonds. The van der Waals surface area contributed by atoms with Gasteiger partial charge in [-0.3, -0.25) is 0 Å². The van der Waals surface area contributed by atoms with E-state index in [1.54, 1.807) is 6.07 Å². The van der Waals surface area contributed by atoms with Gasteiger partial charge >= 0.3 is 0 Å². The predicted octanol–water partition coefficient (Wildman–Crippen LogP) is 4.58. The Kier molecular flexibility index (Phi) is 4.23. The highest BCUT2D eigenvalue weighted by molar-refractivity contribution is 7.10. The van der Waals surface area contributed by atoms with Gasteiger partial charge < -0.3 is 5.73 Å². The van der Waals surface area contributed by atoms with Crippen LogP contribution in [-0.4, -0.2) is 4.98 Å². The molecular formula is C14H16ClFN2S. The van der Waals surface area contributed by atoms with Crippen LogP contribution < -0.4 is 5.73 Å². The topological polar surface area (TPSA) is 38.9 Å². The second kappa shape index (κ2) is 5.57. The number of halogens is 2. The highest BCUT2D eigenvalue weighted by Gasteiger charge is 2.26. The molecule has 1 aromatic carbocycles. The summed E-state index contributed by atoms with van der Waals surface area (Å²) in [5.41, 5.74) is 7.42. The van der Waals surface area contributed by atoms with Crippen LogP contribution in [0.15, 0.2) is 23.6 Å². The highest BCUT2D eigenvalue weighted by atomic mass is 35.5. The van der Waals surface area contributed by atoms with Crippen molar-refractivity contribution in [1.29, 1.82) is 0 Å². The van der Waals surface area contributed by atoms with Crippen molar-refractivity contribution in [3.8, 4) is 11.3 Å². The summed E-state index contributed by atoms with van der Waals surface area (Å²) in [5.74, 6) is -0.348. The summed E-state index contributed by atoms with van der Waals surface area (Å²) in [6, 6.07) is 4.33. The van der Waals surface area contributed by atoms with Crippen LogP contribution in [0.1, 0.15) is 31.7 Å². The Morgan fingerprint density at radius 2 is 2.05 bits per heavy atom.